The maximum Gasteiger partial charge on any atom is 0.312 e. The number of carbonyl (C=O) groups is 1. The summed E-state index contributed by atoms with van der Waals surface area (Å²) in [5, 5.41) is 2.95. The number of hydrogen-bond donors (Lipinski definition) is 2. The molecule has 1 saturated carbocycles. The molecule has 1 aromatic carbocycles. The Balaban J connectivity index is 2.39. The zero-order valence-electron chi connectivity index (χ0n) is 9.66. The van der Waals surface area contributed by atoms with Gasteiger partial charge in [-0.05, 0) is 18.4 Å². The van der Waals surface area contributed by atoms with Crippen molar-refractivity contribution < 1.29 is 4.79 Å². The van der Waals surface area contributed by atoms with E-state index in [2.05, 4.69) is 33.4 Å². The highest BCUT2D eigenvalue weighted by Crippen LogP contribution is 2.41. The van der Waals surface area contributed by atoms with Crippen LogP contribution in [-0.2, 0) is 5.54 Å². The van der Waals surface area contributed by atoms with Crippen LogP contribution in [0, 0.1) is 0 Å². The summed E-state index contributed by atoms with van der Waals surface area (Å²) in [6, 6.07) is 9.61. The van der Waals surface area contributed by atoms with Gasteiger partial charge in [0.05, 0.1) is 5.54 Å². The van der Waals surface area contributed by atoms with Crippen LogP contribution in [0.25, 0.3) is 0 Å². The van der Waals surface area contributed by atoms with Gasteiger partial charge in [0.1, 0.15) is 0 Å². The summed E-state index contributed by atoms with van der Waals surface area (Å²) < 4.78 is 0. The average molecular weight is 297 g/mol. The first-order chi connectivity index (χ1) is 8.15. The Labute approximate surface area is 110 Å². The van der Waals surface area contributed by atoms with E-state index in [-0.39, 0.29) is 10.4 Å². The Bertz CT molecular complexity index is 396. The van der Waals surface area contributed by atoms with Gasteiger partial charge in [-0.3, -0.25) is 0 Å². The number of hydrogen-bond acceptors (Lipinski definition) is 1. The fourth-order valence-corrected chi connectivity index (χ4v) is 3.56. The van der Waals surface area contributed by atoms with E-state index in [4.69, 9.17) is 5.73 Å². The van der Waals surface area contributed by atoms with Crippen molar-refractivity contribution in [1.29, 1.82) is 0 Å². The van der Waals surface area contributed by atoms with Crippen molar-refractivity contribution in [2.75, 3.05) is 0 Å². The first-order valence-electron chi connectivity index (χ1n) is 5.92. The third-order valence-electron chi connectivity index (χ3n) is 3.45. The molecule has 17 heavy (non-hydrogen) atoms. The third-order valence-corrected chi connectivity index (χ3v) is 4.69. The highest BCUT2D eigenvalue weighted by molar-refractivity contribution is 9.09. The average Bonchev–Trinajstić information content (AvgIpc) is 2.33. The lowest BCUT2D eigenvalue weighted by Gasteiger charge is -2.42. The van der Waals surface area contributed by atoms with Crippen LogP contribution in [0.15, 0.2) is 30.3 Å². The van der Waals surface area contributed by atoms with E-state index >= 15 is 0 Å². The van der Waals surface area contributed by atoms with Crippen LogP contribution in [0.3, 0.4) is 0 Å². The van der Waals surface area contributed by atoms with Crippen LogP contribution in [0.4, 0.5) is 4.79 Å². The number of carbonyl (C=O) groups excluding carboxylic acids is 1. The van der Waals surface area contributed by atoms with Crippen molar-refractivity contribution in [2.24, 2.45) is 5.73 Å². The minimum Gasteiger partial charge on any atom is -0.352 e. The maximum atomic E-state index is 11.3. The van der Waals surface area contributed by atoms with Crippen LogP contribution in [-0.4, -0.2) is 10.9 Å². The molecule has 0 heterocycles. The molecule has 0 radical (unpaired) electrons. The molecule has 0 bridgehead atoms. The lowest BCUT2D eigenvalue weighted by Crippen LogP contribution is -2.55. The summed E-state index contributed by atoms with van der Waals surface area (Å²) in [4.78, 5) is 11.5. The molecular formula is C13H17BrN2O. The molecule has 92 valence electrons. The van der Waals surface area contributed by atoms with E-state index in [1.54, 1.807) is 0 Å². The molecule has 2 amide bonds. The minimum absolute atomic E-state index is 0.235. The second-order valence-electron chi connectivity index (χ2n) is 4.54. The standard InChI is InChI=1S/C13H17BrN2O/c14-11-8-4-5-9-13(11,16-12(15)17)10-6-2-1-3-7-10/h1-3,6-7,11H,4-5,8-9H2,(H3,15,16,17). The number of primary amides is 1. The molecule has 2 atom stereocenters. The number of amides is 2. The number of benzene rings is 1. The van der Waals surface area contributed by atoms with Crippen LogP contribution in [0.5, 0.6) is 0 Å². The monoisotopic (exact) mass is 296 g/mol. The second-order valence-corrected chi connectivity index (χ2v) is 5.65. The van der Waals surface area contributed by atoms with Gasteiger partial charge in [-0.2, -0.15) is 0 Å². The van der Waals surface area contributed by atoms with E-state index in [1.807, 2.05) is 18.2 Å². The largest absolute Gasteiger partial charge is 0.352 e. The first-order valence-corrected chi connectivity index (χ1v) is 6.84. The fraction of sp³-hybridized carbons (Fsp3) is 0.462. The van der Waals surface area contributed by atoms with Gasteiger partial charge in [0.25, 0.3) is 0 Å². The molecule has 0 aromatic heterocycles. The number of halogens is 1. The zero-order valence-corrected chi connectivity index (χ0v) is 11.2. The molecule has 0 saturated heterocycles. The number of urea groups is 1. The number of nitrogens with two attached hydrogens (primary N) is 1. The predicted octanol–water partition coefficient (Wildman–Crippen LogP) is 2.89. The minimum atomic E-state index is -0.458. The highest BCUT2D eigenvalue weighted by atomic mass is 79.9. The molecule has 4 heteroatoms. The van der Waals surface area contributed by atoms with E-state index in [9.17, 15) is 4.79 Å². The highest BCUT2D eigenvalue weighted by Gasteiger charge is 2.41. The molecule has 2 unspecified atom stereocenters. The Morgan fingerprint density at radius 3 is 2.65 bits per heavy atom. The van der Waals surface area contributed by atoms with Crippen molar-refractivity contribution in [3.8, 4) is 0 Å². The Kier molecular flexibility index (Phi) is 3.72. The molecule has 1 aliphatic rings. The van der Waals surface area contributed by atoms with Gasteiger partial charge in [0.15, 0.2) is 0 Å². The molecule has 0 spiro atoms. The van der Waals surface area contributed by atoms with Crippen LogP contribution in [0.2, 0.25) is 0 Å². The van der Waals surface area contributed by atoms with Gasteiger partial charge in [-0.15, -0.1) is 0 Å². The van der Waals surface area contributed by atoms with Crippen molar-refractivity contribution in [1.82, 2.24) is 5.32 Å². The van der Waals surface area contributed by atoms with Gasteiger partial charge in [-0.1, -0.05) is 59.1 Å². The molecule has 1 aromatic rings. The molecule has 3 N–H and O–H groups in total. The van der Waals surface area contributed by atoms with Gasteiger partial charge in [-0.25, -0.2) is 4.79 Å². The topological polar surface area (TPSA) is 55.1 Å². The van der Waals surface area contributed by atoms with Gasteiger partial charge in [0, 0.05) is 4.83 Å². The van der Waals surface area contributed by atoms with Gasteiger partial charge < -0.3 is 11.1 Å². The molecule has 2 rings (SSSR count). The molecule has 1 fully saturated rings. The smallest absolute Gasteiger partial charge is 0.312 e. The van der Waals surface area contributed by atoms with E-state index < -0.39 is 6.03 Å². The molecular weight excluding hydrogens is 280 g/mol. The van der Waals surface area contributed by atoms with Crippen molar-refractivity contribution >= 4 is 22.0 Å². The SMILES string of the molecule is NC(=O)NC1(c2ccccc2)CCCCC1Br. The predicted molar refractivity (Wildman–Crippen MR) is 72.0 cm³/mol. The Hall–Kier alpha value is -1.03. The van der Waals surface area contributed by atoms with E-state index in [1.165, 1.54) is 6.42 Å². The second kappa shape index (κ2) is 5.08. The molecule has 3 nitrogen and oxygen atoms in total. The van der Waals surface area contributed by atoms with Crippen molar-refractivity contribution in [2.45, 2.75) is 36.0 Å². The summed E-state index contributed by atoms with van der Waals surface area (Å²) >= 11 is 3.71. The third kappa shape index (κ3) is 2.46. The Morgan fingerprint density at radius 1 is 1.35 bits per heavy atom. The van der Waals surface area contributed by atoms with Gasteiger partial charge in [0.2, 0.25) is 0 Å². The summed E-state index contributed by atoms with van der Waals surface area (Å²) in [6.07, 6.45) is 4.27. The number of alkyl halides is 1. The molecule has 1 aliphatic carbocycles. The Morgan fingerprint density at radius 2 is 2.06 bits per heavy atom. The summed E-state index contributed by atoms with van der Waals surface area (Å²) in [6.45, 7) is 0. The first kappa shape index (κ1) is 12.4. The summed E-state index contributed by atoms with van der Waals surface area (Å²) in [5.41, 5.74) is 6.11. The van der Waals surface area contributed by atoms with Gasteiger partial charge >= 0.3 is 6.03 Å². The normalized spacial score (nSPS) is 28.6. The quantitative estimate of drug-likeness (QED) is 0.810. The zero-order chi connectivity index (χ0) is 12.3. The fourth-order valence-electron chi connectivity index (χ4n) is 2.62. The number of nitrogens with one attached hydrogen (secondary N) is 1. The van der Waals surface area contributed by atoms with E-state index in [0.29, 0.717) is 0 Å². The lowest BCUT2D eigenvalue weighted by molar-refractivity contribution is 0.215. The lowest BCUT2D eigenvalue weighted by atomic mass is 9.76. The molecule has 0 aliphatic heterocycles. The van der Waals surface area contributed by atoms with Crippen molar-refractivity contribution in [3.05, 3.63) is 35.9 Å². The summed E-state index contributed by atoms with van der Waals surface area (Å²) in [5.74, 6) is 0. The van der Waals surface area contributed by atoms with Crippen LogP contribution in [0.1, 0.15) is 31.2 Å². The van der Waals surface area contributed by atoms with Crippen LogP contribution < -0.4 is 11.1 Å². The summed E-state index contributed by atoms with van der Waals surface area (Å²) in [7, 11) is 0. The van der Waals surface area contributed by atoms with Crippen molar-refractivity contribution in [3.63, 3.8) is 0 Å². The number of rotatable bonds is 2. The van der Waals surface area contributed by atoms with Crippen LogP contribution >= 0.6 is 15.9 Å². The van der Waals surface area contributed by atoms with E-state index in [0.717, 1.165) is 24.8 Å². The maximum absolute atomic E-state index is 11.3.